The third kappa shape index (κ3) is 3.26. The molecular weight excluding hydrogens is 322 g/mol. The molecule has 0 saturated carbocycles. The number of nitriles is 1. The zero-order valence-corrected chi connectivity index (χ0v) is 13.8. The quantitative estimate of drug-likeness (QED) is 0.664. The van der Waals surface area contributed by atoms with Crippen molar-refractivity contribution in [2.24, 2.45) is 0 Å². The van der Waals surface area contributed by atoms with Gasteiger partial charge in [0.2, 0.25) is 0 Å². The van der Waals surface area contributed by atoms with Gasteiger partial charge in [-0.3, -0.25) is 10.1 Å². The first kappa shape index (κ1) is 16.1. The van der Waals surface area contributed by atoms with E-state index in [4.69, 9.17) is 5.26 Å². The molecule has 1 unspecified atom stereocenters. The molecular formula is C18H15N3O2S. The molecule has 1 atom stereocenters. The second-order valence-corrected chi connectivity index (χ2v) is 6.79. The Bertz CT molecular complexity index is 825. The van der Waals surface area contributed by atoms with Crippen LogP contribution in [0.4, 0.5) is 4.79 Å². The molecule has 3 rings (SSSR count). The Balaban J connectivity index is 1.67. The summed E-state index contributed by atoms with van der Waals surface area (Å²) in [6.45, 7) is 1.71. The van der Waals surface area contributed by atoms with Crippen LogP contribution in [0.2, 0.25) is 0 Å². The average Bonchev–Trinajstić information content (AvgIpc) is 2.86. The van der Waals surface area contributed by atoms with Crippen molar-refractivity contribution in [3.05, 3.63) is 54.1 Å². The van der Waals surface area contributed by atoms with Gasteiger partial charge in [0.15, 0.2) is 0 Å². The van der Waals surface area contributed by atoms with Crippen LogP contribution in [0, 0.1) is 11.3 Å². The number of carbonyl (C=O) groups excluding carboxylic acids is 2. The lowest BCUT2D eigenvalue weighted by atomic mass is 10.0. The predicted octanol–water partition coefficient (Wildman–Crippen LogP) is 2.92. The Morgan fingerprint density at radius 1 is 1.04 bits per heavy atom. The van der Waals surface area contributed by atoms with E-state index in [1.807, 2.05) is 36.4 Å². The molecule has 1 heterocycles. The number of imide groups is 1. The molecule has 2 aromatic rings. The highest BCUT2D eigenvalue weighted by Crippen LogP contribution is 2.27. The number of thioether (sulfide) groups is 1. The van der Waals surface area contributed by atoms with Gasteiger partial charge in [0, 0.05) is 10.6 Å². The topological polar surface area (TPSA) is 82.0 Å². The molecule has 1 fully saturated rings. The monoisotopic (exact) mass is 337 g/mol. The molecule has 1 aliphatic rings. The minimum Gasteiger partial charge on any atom is -0.323 e. The van der Waals surface area contributed by atoms with Crippen LogP contribution in [-0.4, -0.2) is 23.2 Å². The van der Waals surface area contributed by atoms with Crippen LogP contribution < -0.4 is 10.6 Å². The fourth-order valence-corrected chi connectivity index (χ4v) is 3.38. The Morgan fingerprint density at radius 3 is 2.12 bits per heavy atom. The lowest BCUT2D eigenvalue weighted by Crippen LogP contribution is -2.46. The minimum absolute atomic E-state index is 0.297. The zero-order valence-electron chi connectivity index (χ0n) is 13.0. The molecule has 1 aliphatic heterocycles. The lowest BCUT2D eigenvalue weighted by Gasteiger charge is -2.19. The van der Waals surface area contributed by atoms with Crippen LogP contribution >= 0.6 is 11.8 Å². The van der Waals surface area contributed by atoms with Gasteiger partial charge >= 0.3 is 6.03 Å². The number of hydrogen-bond donors (Lipinski definition) is 2. The predicted molar refractivity (Wildman–Crippen MR) is 92.4 cm³/mol. The summed E-state index contributed by atoms with van der Waals surface area (Å²) in [6.07, 6.45) is 0. The first-order valence-electron chi connectivity index (χ1n) is 7.37. The van der Waals surface area contributed by atoms with E-state index in [-0.39, 0.29) is 5.91 Å². The smallest absolute Gasteiger partial charge is 0.322 e. The molecule has 0 aliphatic carbocycles. The number of nitrogens with zero attached hydrogens (tertiary/aromatic N) is 1. The number of amides is 3. The summed E-state index contributed by atoms with van der Waals surface area (Å²) in [5, 5.41) is 13.7. The van der Waals surface area contributed by atoms with Gasteiger partial charge in [-0.2, -0.15) is 5.26 Å². The van der Waals surface area contributed by atoms with Crippen molar-refractivity contribution in [3.8, 4) is 17.2 Å². The summed E-state index contributed by atoms with van der Waals surface area (Å²) in [7, 11) is 0. The van der Waals surface area contributed by atoms with E-state index in [1.54, 1.807) is 19.1 Å². The van der Waals surface area contributed by atoms with E-state index in [0.29, 0.717) is 11.3 Å². The van der Waals surface area contributed by atoms with Crippen LogP contribution in [0.15, 0.2) is 53.4 Å². The van der Waals surface area contributed by atoms with Crippen molar-refractivity contribution in [1.82, 2.24) is 10.6 Å². The molecule has 0 radical (unpaired) electrons. The third-order valence-corrected chi connectivity index (χ3v) is 5.17. The fourth-order valence-electron chi connectivity index (χ4n) is 2.39. The minimum atomic E-state index is -0.881. The maximum Gasteiger partial charge on any atom is 0.322 e. The molecule has 0 bridgehead atoms. The Kier molecular flexibility index (Phi) is 4.28. The summed E-state index contributed by atoms with van der Waals surface area (Å²) in [5.41, 5.74) is 1.85. The van der Waals surface area contributed by atoms with Crippen LogP contribution in [0.3, 0.4) is 0 Å². The van der Waals surface area contributed by atoms with Crippen LogP contribution in [0.1, 0.15) is 12.5 Å². The molecule has 2 N–H and O–H groups in total. The lowest BCUT2D eigenvalue weighted by molar-refractivity contribution is -0.122. The zero-order chi connectivity index (χ0) is 17.2. The SMILES string of the molecule is CC1(CSc2ccc(-c3ccc(C#N)cc3)cc2)NC(=O)NC1=O. The van der Waals surface area contributed by atoms with Crippen LogP contribution in [-0.2, 0) is 4.79 Å². The van der Waals surface area contributed by atoms with Gasteiger partial charge in [-0.25, -0.2) is 4.79 Å². The highest BCUT2D eigenvalue weighted by atomic mass is 32.2. The largest absolute Gasteiger partial charge is 0.323 e. The van der Waals surface area contributed by atoms with Crippen molar-refractivity contribution in [1.29, 1.82) is 5.26 Å². The number of nitrogens with one attached hydrogen (secondary N) is 2. The summed E-state index contributed by atoms with van der Waals surface area (Å²) in [4.78, 5) is 24.1. The van der Waals surface area contributed by atoms with Gasteiger partial charge in [0.1, 0.15) is 5.54 Å². The van der Waals surface area contributed by atoms with E-state index in [9.17, 15) is 9.59 Å². The fraction of sp³-hybridized carbons (Fsp3) is 0.167. The first-order valence-corrected chi connectivity index (χ1v) is 8.36. The summed E-state index contributed by atoms with van der Waals surface area (Å²) < 4.78 is 0. The summed E-state index contributed by atoms with van der Waals surface area (Å²) >= 11 is 1.51. The Labute approximate surface area is 144 Å². The number of rotatable bonds is 4. The van der Waals surface area contributed by atoms with Gasteiger partial charge in [0.05, 0.1) is 11.6 Å². The standard InChI is InChI=1S/C18H15N3O2S/c1-18(16(22)20-17(23)21-18)11-24-15-8-6-14(7-9-15)13-4-2-12(10-19)3-5-13/h2-9H,11H2,1H3,(H2,20,21,22,23). The van der Waals surface area contributed by atoms with E-state index in [2.05, 4.69) is 16.7 Å². The molecule has 0 spiro atoms. The maximum absolute atomic E-state index is 11.8. The molecule has 6 heteroatoms. The Hall–Kier alpha value is -2.78. The molecule has 5 nitrogen and oxygen atoms in total. The second-order valence-electron chi connectivity index (χ2n) is 5.74. The Morgan fingerprint density at radius 2 is 1.62 bits per heavy atom. The highest BCUT2D eigenvalue weighted by molar-refractivity contribution is 7.99. The summed E-state index contributed by atoms with van der Waals surface area (Å²) in [6, 6.07) is 17.0. The van der Waals surface area contributed by atoms with Gasteiger partial charge in [-0.05, 0) is 42.3 Å². The van der Waals surface area contributed by atoms with Gasteiger partial charge in [0.25, 0.3) is 5.91 Å². The molecule has 2 aromatic carbocycles. The van der Waals surface area contributed by atoms with Crippen LogP contribution in [0.5, 0.6) is 0 Å². The van der Waals surface area contributed by atoms with Crippen LogP contribution in [0.25, 0.3) is 11.1 Å². The average molecular weight is 337 g/mol. The van der Waals surface area contributed by atoms with Gasteiger partial charge < -0.3 is 5.32 Å². The molecule has 120 valence electrons. The number of benzene rings is 2. The molecule has 3 amide bonds. The third-order valence-electron chi connectivity index (χ3n) is 3.85. The van der Waals surface area contributed by atoms with Crippen molar-refractivity contribution < 1.29 is 9.59 Å². The molecule has 24 heavy (non-hydrogen) atoms. The maximum atomic E-state index is 11.8. The molecule has 1 saturated heterocycles. The van der Waals surface area contributed by atoms with Gasteiger partial charge in [-0.15, -0.1) is 11.8 Å². The highest BCUT2D eigenvalue weighted by Gasteiger charge is 2.41. The number of carbonyl (C=O) groups is 2. The van der Waals surface area contributed by atoms with Crippen molar-refractivity contribution in [3.63, 3.8) is 0 Å². The van der Waals surface area contributed by atoms with E-state index in [0.717, 1.165) is 16.0 Å². The second kappa shape index (κ2) is 6.38. The van der Waals surface area contributed by atoms with Crippen molar-refractivity contribution in [2.45, 2.75) is 17.4 Å². The van der Waals surface area contributed by atoms with Crippen molar-refractivity contribution in [2.75, 3.05) is 5.75 Å². The van der Waals surface area contributed by atoms with E-state index >= 15 is 0 Å². The van der Waals surface area contributed by atoms with Gasteiger partial charge in [-0.1, -0.05) is 24.3 Å². The number of hydrogen-bond acceptors (Lipinski definition) is 4. The first-order chi connectivity index (χ1) is 11.5. The van der Waals surface area contributed by atoms with E-state index < -0.39 is 11.6 Å². The normalized spacial score (nSPS) is 19.5. The molecule has 0 aromatic heterocycles. The van der Waals surface area contributed by atoms with E-state index in [1.165, 1.54) is 11.8 Å². The van der Waals surface area contributed by atoms with Crippen molar-refractivity contribution >= 4 is 23.7 Å². The summed E-state index contributed by atoms with van der Waals surface area (Å²) in [5.74, 6) is 0.162. The number of urea groups is 1.